The molecule has 0 N–H and O–H groups in total. The summed E-state index contributed by atoms with van der Waals surface area (Å²) >= 11 is 0. The van der Waals surface area contributed by atoms with Crippen LogP contribution in [0.2, 0.25) is 0 Å². The molecule has 2 heterocycles. The van der Waals surface area contributed by atoms with E-state index in [1.54, 1.807) is 0 Å². The number of rotatable bonds is 6. The van der Waals surface area contributed by atoms with Crippen molar-refractivity contribution < 1.29 is 14.3 Å². The van der Waals surface area contributed by atoms with Crippen molar-refractivity contribution in [1.82, 2.24) is 9.80 Å². The smallest absolute Gasteiger partial charge is 0.248 e. The number of hydrogen-bond acceptors (Lipinski definition) is 3. The second-order valence-electron chi connectivity index (χ2n) is 8.61. The molecule has 5 nitrogen and oxygen atoms in total. The monoisotopic (exact) mass is 370 g/mol. The van der Waals surface area contributed by atoms with E-state index < -0.39 is 0 Å². The van der Waals surface area contributed by atoms with Crippen LogP contribution in [-0.4, -0.2) is 54.4 Å². The molecule has 27 heavy (non-hydrogen) atoms. The van der Waals surface area contributed by atoms with Gasteiger partial charge in [-0.1, -0.05) is 30.3 Å². The summed E-state index contributed by atoms with van der Waals surface area (Å²) in [6, 6.07) is 9.95. The number of nitrogens with zero attached hydrogens (tertiary/aromatic N) is 2. The van der Waals surface area contributed by atoms with Crippen LogP contribution in [0.3, 0.4) is 0 Å². The lowest BCUT2D eigenvalue weighted by atomic mass is 9.73. The van der Waals surface area contributed by atoms with Crippen molar-refractivity contribution in [2.45, 2.75) is 45.1 Å². The van der Waals surface area contributed by atoms with Gasteiger partial charge in [0.2, 0.25) is 11.8 Å². The van der Waals surface area contributed by atoms with Crippen LogP contribution >= 0.6 is 0 Å². The molecule has 4 rings (SSSR count). The summed E-state index contributed by atoms with van der Waals surface area (Å²) in [5, 5.41) is 0. The molecule has 0 aromatic heterocycles. The van der Waals surface area contributed by atoms with E-state index in [0.29, 0.717) is 18.9 Å². The summed E-state index contributed by atoms with van der Waals surface area (Å²) in [7, 11) is 0. The van der Waals surface area contributed by atoms with Gasteiger partial charge in [-0.05, 0) is 43.6 Å². The molecule has 2 saturated heterocycles. The van der Waals surface area contributed by atoms with Crippen molar-refractivity contribution in [2.75, 3.05) is 32.8 Å². The fourth-order valence-corrected chi connectivity index (χ4v) is 4.56. The predicted molar refractivity (Wildman–Crippen MR) is 103 cm³/mol. The Bertz CT molecular complexity index is 673. The Morgan fingerprint density at radius 1 is 1.15 bits per heavy atom. The van der Waals surface area contributed by atoms with Gasteiger partial charge in [0.25, 0.3) is 0 Å². The highest BCUT2D eigenvalue weighted by Crippen LogP contribution is 2.40. The van der Waals surface area contributed by atoms with E-state index in [1.165, 1.54) is 12.8 Å². The van der Waals surface area contributed by atoms with Gasteiger partial charge in [0.1, 0.15) is 6.61 Å². The number of piperidine rings is 2. The van der Waals surface area contributed by atoms with Gasteiger partial charge in [-0.15, -0.1) is 0 Å². The van der Waals surface area contributed by atoms with Crippen molar-refractivity contribution in [3.05, 3.63) is 35.9 Å². The molecule has 0 bridgehead atoms. The molecule has 3 fully saturated rings. The first-order chi connectivity index (χ1) is 13.1. The Hall–Kier alpha value is -1.88. The fourth-order valence-electron chi connectivity index (χ4n) is 4.56. The molecule has 1 aromatic carbocycles. The minimum absolute atomic E-state index is 0.0793. The number of hydrogen-bond donors (Lipinski definition) is 0. The van der Waals surface area contributed by atoms with E-state index in [2.05, 4.69) is 4.90 Å². The van der Waals surface area contributed by atoms with Crippen LogP contribution < -0.4 is 0 Å². The Morgan fingerprint density at radius 3 is 2.74 bits per heavy atom. The van der Waals surface area contributed by atoms with Gasteiger partial charge < -0.3 is 14.5 Å². The Morgan fingerprint density at radius 2 is 1.96 bits per heavy atom. The van der Waals surface area contributed by atoms with Crippen molar-refractivity contribution >= 4 is 11.8 Å². The van der Waals surface area contributed by atoms with Gasteiger partial charge >= 0.3 is 0 Å². The molecule has 1 spiro atoms. The van der Waals surface area contributed by atoms with Crippen molar-refractivity contribution in [3.63, 3.8) is 0 Å². The molecular weight excluding hydrogens is 340 g/mol. The first kappa shape index (κ1) is 18.5. The molecule has 0 radical (unpaired) electrons. The zero-order valence-corrected chi connectivity index (χ0v) is 16.1. The summed E-state index contributed by atoms with van der Waals surface area (Å²) in [4.78, 5) is 29.0. The van der Waals surface area contributed by atoms with Gasteiger partial charge in [0, 0.05) is 38.0 Å². The lowest BCUT2D eigenvalue weighted by Crippen LogP contribution is -2.55. The topological polar surface area (TPSA) is 49.9 Å². The van der Waals surface area contributed by atoms with E-state index in [-0.39, 0.29) is 17.9 Å². The second-order valence-corrected chi connectivity index (χ2v) is 8.61. The van der Waals surface area contributed by atoms with Crippen LogP contribution in [0, 0.1) is 11.3 Å². The summed E-state index contributed by atoms with van der Waals surface area (Å²) in [6.45, 7) is 3.94. The highest BCUT2D eigenvalue weighted by Gasteiger charge is 2.43. The summed E-state index contributed by atoms with van der Waals surface area (Å²) in [6.07, 6.45) is 6.23. The van der Waals surface area contributed by atoms with E-state index in [4.69, 9.17) is 4.74 Å². The Balaban J connectivity index is 1.30. The maximum atomic E-state index is 12.7. The third kappa shape index (κ3) is 4.70. The predicted octanol–water partition coefficient (Wildman–Crippen LogP) is 2.84. The second kappa shape index (κ2) is 8.01. The molecule has 5 heteroatoms. The van der Waals surface area contributed by atoms with Crippen LogP contribution in [0.4, 0.5) is 0 Å². The lowest BCUT2D eigenvalue weighted by Gasteiger charge is -2.48. The molecular formula is C22H30N2O3. The number of carbonyl (C=O) groups excluding carboxylic acids is 2. The standard InChI is InChI=1S/C22H30N2O3/c25-20-9-11-22(17-24(20)13-18-7-8-18)10-4-12-23(16-22)21(26)15-27-14-19-5-2-1-3-6-19/h1-3,5-6,18H,4,7-17H2/t22-/m1/s1. The van der Waals surface area contributed by atoms with E-state index in [9.17, 15) is 9.59 Å². The molecule has 1 atom stereocenters. The summed E-state index contributed by atoms with van der Waals surface area (Å²) in [5.74, 6) is 1.11. The average molecular weight is 370 g/mol. The normalized spacial score (nSPS) is 25.9. The Kier molecular flexibility index (Phi) is 5.48. The lowest BCUT2D eigenvalue weighted by molar-refractivity contribution is -0.145. The fraction of sp³-hybridized carbons (Fsp3) is 0.636. The van der Waals surface area contributed by atoms with Crippen molar-refractivity contribution in [3.8, 4) is 0 Å². The number of carbonyl (C=O) groups is 2. The van der Waals surface area contributed by atoms with Gasteiger partial charge in [-0.3, -0.25) is 9.59 Å². The van der Waals surface area contributed by atoms with E-state index in [0.717, 1.165) is 56.9 Å². The zero-order valence-electron chi connectivity index (χ0n) is 16.1. The number of ether oxygens (including phenoxy) is 1. The van der Waals surface area contributed by atoms with Crippen molar-refractivity contribution in [2.24, 2.45) is 11.3 Å². The summed E-state index contributed by atoms with van der Waals surface area (Å²) < 4.78 is 5.65. The van der Waals surface area contributed by atoms with Crippen molar-refractivity contribution in [1.29, 1.82) is 0 Å². The Labute approximate surface area is 161 Å². The van der Waals surface area contributed by atoms with Crippen LogP contribution in [-0.2, 0) is 20.9 Å². The maximum Gasteiger partial charge on any atom is 0.248 e. The van der Waals surface area contributed by atoms with Crippen LogP contribution in [0.1, 0.15) is 44.1 Å². The third-order valence-electron chi connectivity index (χ3n) is 6.27. The van der Waals surface area contributed by atoms with Gasteiger partial charge in [0.15, 0.2) is 0 Å². The van der Waals surface area contributed by atoms with Gasteiger partial charge in [0.05, 0.1) is 6.61 Å². The average Bonchev–Trinajstić information content (AvgIpc) is 3.50. The van der Waals surface area contributed by atoms with Crippen LogP contribution in [0.5, 0.6) is 0 Å². The molecule has 1 saturated carbocycles. The highest BCUT2D eigenvalue weighted by atomic mass is 16.5. The quantitative estimate of drug-likeness (QED) is 0.774. The molecule has 1 aromatic rings. The molecule has 0 unspecified atom stereocenters. The third-order valence-corrected chi connectivity index (χ3v) is 6.27. The van der Waals surface area contributed by atoms with Gasteiger partial charge in [-0.2, -0.15) is 0 Å². The minimum Gasteiger partial charge on any atom is -0.367 e. The largest absolute Gasteiger partial charge is 0.367 e. The molecule has 2 aliphatic heterocycles. The summed E-state index contributed by atoms with van der Waals surface area (Å²) in [5.41, 5.74) is 1.18. The van der Waals surface area contributed by atoms with Crippen LogP contribution in [0.25, 0.3) is 0 Å². The minimum atomic E-state index is 0.0793. The number of amides is 2. The maximum absolute atomic E-state index is 12.7. The zero-order chi connectivity index (χ0) is 18.7. The van der Waals surface area contributed by atoms with Gasteiger partial charge in [-0.25, -0.2) is 0 Å². The molecule has 146 valence electrons. The first-order valence-electron chi connectivity index (χ1n) is 10.3. The molecule has 3 aliphatic rings. The number of likely N-dealkylation sites (tertiary alicyclic amines) is 2. The van der Waals surface area contributed by atoms with E-state index in [1.807, 2.05) is 35.2 Å². The highest BCUT2D eigenvalue weighted by molar-refractivity contribution is 5.78. The number of benzene rings is 1. The SMILES string of the molecule is O=C(COCc1ccccc1)N1CCC[C@@]2(CCC(=O)N(CC3CC3)C2)C1. The van der Waals surface area contributed by atoms with E-state index >= 15 is 0 Å². The molecule has 2 amide bonds. The molecule has 1 aliphatic carbocycles. The van der Waals surface area contributed by atoms with Crippen LogP contribution in [0.15, 0.2) is 30.3 Å². The first-order valence-corrected chi connectivity index (χ1v) is 10.3.